The standard InChI is InChI=1S/C13H17N3OS/c1-9-8-18-12(16-9)7-17-11-6-14-10(5-15-11)13(2,3)4/h5-6,8H,7H2,1-4H3. The molecule has 2 aromatic heterocycles. The summed E-state index contributed by atoms with van der Waals surface area (Å²) < 4.78 is 5.55. The Hall–Kier alpha value is -1.49. The van der Waals surface area contributed by atoms with Gasteiger partial charge in [-0.15, -0.1) is 11.3 Å². The molecule has 18 heavy (non-hydrogen) atoms. The van der Waals surface area contributed by atoms with Gasteiger partial charge in [0.25, 0.3) is 0 Å². The van der Waals surface area contributed by atoms with Crippen molar-refractivity contribution in [2.24, 2.45) is 0 Å². The molecule has 2 rings (SSSR count). The average molecular weight is 263 g/mol. The summed E-state index contributed by atoms with van der Waals surface area (Å²) in [7, 11) is 0. The quantitative estimate of drug-likeness (QED) is 0.853. The largest absolute Gasteiger partial charge is 0.469 e. The predicted octanol–water partition coefficient (Wildman–Crippen LogP) is 3.12. The number of nitrogens with zero attached hydrogens (tertiary/aromatic N) is 3. The predicted molar refractivity (Wildman–Crippen MR) is 71.9 cm³/mol. The van der Waals surface area contributed by atoms with E-state index in [0.717, 1.165) is 16.4 Å². The van der Waals surface area contributed by atoms with Crippen LogP contribution < -0.4 is 4.74 Å². The van der Waals surface area contributed by atoms with Gasteiger partial charge in [-0.1, -0.05) is 20.8 Å². The van der Waals surface area contributed by atoms with Crippen molar-refractivity contribution in [3.63, 3.8) is 0 Å². The first-order valence-corrected chi connectivity index (χ1v) is 6.69. The van der Waals surface area contributed by atoms with Crippen LogP contribution in [0.2, 0.25) is 0 Å². The Balaban J connectivity index is 1.98. The highest BCUT2D eigenvalue weighted by molar-refractivity contribution is 7.09. The SMILES string of the molecule is Cc1csc(COc2cnc(C(C)(C)C)cn2)n1. The Morgan fingerprint density at radius 1 is 1.22 bits per heavy atom. The maximum Gasteiger partial charge on any atom is 0.232 e. The smallest absolute Gasteiger partial charge is 0.232 e. The zero-order valence-corrected chi connectivity index (χ0v) is 11.9. The molecule has 0 N–H and O–H groups in total. The Morgan fingerprint density at radius 2 is 2.00 bits per heavy atom. The molecule has 0 aliphatic heterocycles. The third-order valence-electron chi connectivity index (χ3n) is 2.41. The summed E-state index contributed by atoms with van der Waals surface area (Å²) in [5, 5.41) is 2.96. The normalized spacial score (nSPS) is 11.6. The van der Waals surface area contributed by atoms with Crippen LogP contribution in [0.15, 0.2) is 17.8 Å². The highest BCUT2D eigenvalue weighted by Gasteiger charge is 2.15. The molecule has 0 aromatic carbocycles. The third kappa shape index (κ3) is 3.26. The molecular formula is C13H17N3OS. The lowest BCUT2D eigenvalue weighted by Gasteiger charge is -2.16. The molecule has 0 spiro atoms. The van der Waals surface area contributed by atoms with Crippen LogP contribution in [-0.4, -0.2) is 15.0 Å². The second-order valence-corrected chi connectivity index (χ2v) is 6.10. The summed E-state index contributed by atoms with van der Waals surface area (Å²) in [6.45, 7) is 8.74. The summed E-state index contributed by atoms with van der Waals surface area (Å²) in [4.78, 5) is 12.9. The second-order valence-electron chi connectivity index (χ2n) is 5.16. The minimum atomic E-state index is 0.0119. The molecule has 0 saturated carbocycles. The van der Waals surface area contributed by atoms with E-state index in [1.807, 2.05) is 12.3 Å². The molecule has 0 radical (unpaired) electrons. The minimum Gasteiger partial charge on any atom is -0.469 e. The molecule has 0 bridgehead atoms. The molecule has 0 unspecified atom stereocenters. The van der Waals surface area contributed by atoms with Crippen LogP contribution in [0.3, 0.4) is 0 Å². The van der Waals surface area contributed by atoms with Crippen LogP contribution in [0.4, 0.5) is 0 Å². The van der Waals surface area contributed by atoms with Gasteiger partial charge in [0.15, 0.2) is 0 Å². The molecule has 0 aliphatic rings. The summed E-state index contributed by atoms with van der Waals surface area (Å²) in [5.74, 6) is 0.538. The Morgan fingerprint density at radius 3 is 2.50 bits per heavy atom. The van der Waals surface area contributed by atoms with E-state index in [0.29, 0.717) is 12.5 Å². The number of hydrogen-bond donors (Lipinski definition) is 0. The van der Waals surface area contributed by atoms with Crippen LogP contribution >= 0.6 is 11.3 Å². The number of hydrogen-bond acceptors (Lipinski definition) is 5. The van der Waals surface area contributed by atoms with Crippen molar-refractivity contribution in [2.75, 3.05) is 0 Å². The molecule has 0 aliphatic carbocycles. The topological polar surface area (TPSA) is 47.9 Å². The first-order valence-electron chi connectivity index (χ1n) is 5.81. The van der Waals surface area contributed by atoms with E-state index in [1.165, 1.54) is 0 Å². The molecule has 5 heteroatoms. The summed E-state index contributed by atoms with van der Waals surface area (Å²) in [5.41, 5.74) is 1.99. The van der Waals surface area contributed by atoms with E-state index in [9.17, 15) is 0 Å². The van der Waals surface area contributed by atoms with Crippen LogP contribution in [-0.2, 0) is 12.0 Å². The van der Waals surface area contributed by atoms with Crippen LogP contribution in [0, 0.1) is 6.92 Å². The van der Waals surface area contributed by atoms with Crippen molar-refractivity contribution < 1.29 is 4.74 Å². The minimum absolute atomic E-state index is 0.0119. The number of aryl methyl sites for hydroxylation is 1. The lowest BCUT2D eigenvalue weighted by atomic mass is 9.93. The molecular weight excluding hydrogens is 246 g/mol. The van der Waals surface area contributed by atoms with E-state index in [4.69, 9.17) is 4.74 Å². The van der Waals surface area contributed by atoms with Gasteiger partial charge in [-0.25, -0.2) is 9.97 Å². The molecule has 96 valence electrons. The highest BCUT2D eigenvalue weighted by atomic mass is 32.1. The zero-order chi connectivity index (χ0) is 13.2. The molecule has 0 atom stereocenters. The van der Waals surface area contributed by atoms with Crippen LogP contribution in [0.1, 0.15) is 37.2 Å². The van der Waals surface area contributed by atoms with Gasteiger partial charge in [0.2, 0.25) is 5.88 Å². The molecule has 2 aromatic rings. The Labute approximate surface area is 111 Å². The Bertz CT molecular complexity index is 514. The monoisotopic (exact) mass is 263 g/mol. The van der Waals surface area contributed by atoms with Crippen molar-refractivity contribution in [1.29, 1.82) is 0 Å². The van der Waals surface area contributed by atoms with Gasteiger partial charge in [-0.05, 0) is 6.92 Å². The molecule has 0 fully saturated rings. The van der Waals surface area contributed by atoms with E-state index < -0.39 is 0 Å². The maximum absolute atomic E-state index is 5.55. The first kappa shape index (κ1) is 13.0. The first-order chi connectivity index (χ1) is 8.45. The van der Waals surface area contributed by atoms with Crippen molar-refractivity contribution in [1.82, 2.24) is 15.0 Å². The number of thiazole rings is 1. The fourth-order valence-corrected chi connectivity index (χ4v) is 2.07. The number of aromatic nitrogens is 3. The van der Waals surface area contributed by atoms with Gasteiger partial charge >= 0.3 is 0 Å². The average Bonchev–Trinajstić information content (AvgIpc) is 2.72. The number of ether oxygens (including phenoxy) is 1. The van der Waals surface area contributed by atoms with E-state index in [-0.39, 0.29) is 5.41 Å². The Kier molecular flexibility index (Phi) is 3.61. The van der Waals surface area contributed by atoms with E-state index >= 15 is 0 Å². The van der Waals surface area contributed by atoms with Gasteiger partial charge in [0.1, 0.15) is 11.6 Å². The van der Waals surface area contributed by atoms with Gasteiger partial charge in [0, 0.05) is 16.5 Å². The lowest BCUT2D eigenvalue weighted by Crippen LogP contribution is -2.13. The number of rotatable bonds is 3. The van der Waals surface area contributed by atoms with Gasteiger partial charge in [-0.3, -0.25) is 4.98 Å². The molecule has 4 nitrogen and oxygen atoms in total. The lowest BCUT2D eigenvalue weighted by molar-refractivity contribution is 0.291. The van der Waals surface area contributed by atoms with E-state index in [2.05, 4.69) is 35.7 Å². The van der Waals surface area contributed by atoms with Crippen molar-refractivity contribution in [3.05, 3.63) is 34.2 Å². The van der Waals surface area contributed by atoms with Crippen LogP contribution in [0.25, 0.3) is 0 Å². The van der Waals surface area contributed by atoms with Crippen molar-refractivity contribution in [3.8, 4) is 5.88 Å². The zero-order valence-electron chi connectivity index (χ0n) is 11.1. The fraction of sp³-hybridized carbons (Fsp3) is 0.462. The second kappa shape index (κ2) is 5.02. The fourth-order valence-electron chi connectivity index (χ4n) is 1.38. The maximum atomic E-state index is 5.55. The summed E-state index contributed by atoms with van der Waals surface area (Å²) in [6, 6.07) is 0. The molecule has 2 heterocycles. The van der Waals surface area contributed by atoms with Gasteiger partial charge in [-0.2, -0.15) is 0 Å². The summed E-state index contributed by atoms with van der Waals surface area (Å²) >= 11 is 1.59. The van der Waals surface area contributed by atoms with E-state index in [1.54, 1.807) is 23.7 Å². The molecule has 0 saturated heterocycles. The van der Waals surface area contributed by atoms with Gasteiger partial charge in [0.05, 0.1) is 18.1 Å². The molecule has 0 amide bonds. The summed E-state index contributed by atoms with van der Waals surface area (Å²) in [6.07, 6.45) is 3.43. The van der Waals surface area contributed by atoms with Crippen molar-refractivity contribution >= 4 is 11.3 Å². The van der Waals surface area contributed by atoms with Gasteiger partial charge < -0.3 is 4.74 Å². The van der Waals surface area contributed by atoms with Crippen molar-refractivity contribution in [2.45, 2.75) is 39.7 Å². The highest BCUT2D eigenvalue weighted by Crippen LogP contribution is 2.20. The van der Waals surface area contributed by atoms with Crippen LogP contribution in [0.5, 0.6) is 5.88 Å². The third-order valence-corrected chi connectivity index (χ3v) is 3.35.